The van der Waals surface area contributed by atoms with Crippen molar-refractivity contribution in [2.24, 2.45) is 0 Å². The zero-order valence-corrected chi connectivity index (χ0v) is 15.8. The predicted octanol–water partition coefficient (Wildman–Crippen LogP) is 4.08. The number of carbonyl (C=O) groups excluding carboxylic acids is 1. The monoisotopic (exact) mass is 389 g/mol. The molecule has 1 aliphatic heterocycles. The molecule has 0 atom stereocenters. The zero-order valence-electron chi connectivity index (χ0n) is 14.2. The van der Waals surface area contributed by atoms with Gasteiger partial charge in [-0.05, 0) is 42.7 Å². The van der Waals surface area contributed by atoms with Gasteiger partial charge in [0.1, 0.15) is 0 Å². The molecular formula is C20H20ClNO3S. The first kappa shape index (κ1) is 18.8. The Morgan fingerprint density at radius 3 is 2.23 bits per heavy atom. The Labute approximate surface area is 162 Å². The van der Waals surface area contributed by atoms with E-state index in [1.165, 1.54) is 11.8 Å². The van der Waals surface area contributed by atoms with Crippen LogP contribution in [0.1, 0.15) is 18.4 Å². The average Bonchev–Trinajstić information content (AvgIpc) is 2.68. The third-order valence-electron chi connectivity index (χ3n) is 4.88. The summed E-state index contributed by atoms with van der Waals surface area (Å²) < 4.78 is 0. The van der Waals surface area contributed by atoms with Crippen molar-refractivity contribution in [2.75, 3.05) is 18.8 Å². The molecule has 0 spiro atoms. The molecule has 26 heavy (non-hydrogen) atoms. The van der Waals surface area contributed by atoms with Crippen LogP contribution in [0.15, 0.2) is 59.5 Å². The Bertz CT molecular complexity index is 771. The summed E-state index contributed by atoms with van der Waals surface area (Å²) in [5.74, 6) is -0.434. The maximum Gasteiger partial charge on any atom is 0.314 e. The number of piperidine rings is 1. The molecule has 1 heterocycles. The minimum atomic E-state index is -0.901. The van der Waals surface area contributed by atoms with Crippen molar-refractivity contribution in [1.29, 1.82) is 0 Å². The fourth-order valence-electron chi connectivity index (χ4n) is 3.29. The molecule has 1 N–H and O–H groups in total. The Kier molecular flexibility index (Phi) is 5.89. The number of hydrogen-bond donors (Lipinski definition) is 1. The second kappa shape index (κ2) is 8.14. The number of carboxylic acids is 1. The van der Waals surface area contributed by atoms with Crippen molar-refractivity contribution < 1.29 is 14.7 Å². The topological polar surface area (TPSA) is 57.6 Å². The Hall–Kier alpha value is -1.98. The zero-order chi connectivity index (χ0) is 18.6. The van der Waals surface area contributed by atoms with Gasteiger partial charge in [-0.15, -0.1) is 11.8 Å². The van der Waals surface area contributed by atoms with Gasteiger partial charge in [0.25, 0.3) is 0 Å². The Balaban J connectivity index is 1.60. The van der Waals surface area contributed by atoms with Gasteiger partial charge in [0.2, 0.25) is 5.91 Å². The highest BCUT2D eigenvalue weighted by molar-refractivity contribution is 8.00. The molecule has 0 bridgehead atoms. The van der Waals surface area contributed by atoms with E-state index in [9.17, 15) is 14.7 Å². The van der Waals surface area contributed by atoms with Gasteiger partial charge in [-0.3, -0.25) is 9.59 Å². The van der Waals surface area contributed by atoms with E-state index in [-0.39, 0.29) is 5.91 Å². The van der Waals surface area contributed by atoms with Crippen molar-refractivity contribution in [2.45, 2.75) is 23.2 Å². The second-order valence-corrected chi connectivity index (χ2v) is 7.86. The lowest BCUT2D eigenvalue weighted by atomic mass is 9.73. The lowest BCUT2D eigenvalue weighted by molar-refractivity contribution is -0.147. The van der Waals surface area contributed by atoms with Crippen LogP contribution in [-0.4, -0.2) is 40.7 Å². The quantitative estimate of drug-likeness (QED) is 0.783. The summed E-state index contributed by atoms with van der Waals surface area (Å²) in [5, 5.41) is 10.5. The van der Waals surface area contributed by atoms with Crippen molar-refractivity contribution >= 4 is 35.2 Å². The number of nitrogens with zero attached hydrogens (tertiary/aromatic N) is 1. The number of aliphatic carboxylic acids is 1. The third kappa shape index (κ3) is 4.05. The third-order valence-corrected chi connectivity index (χ3v) is 6.13. The van der Waals surface area contributed by atoms with E-state index in [4.69, 9.17) is 11.6 Å². The van der Waals surface area contributed by atoms with Crippen LogP contribution in [0, 0.1) is 0 Å². The first-order chi connectivity index (χ1) is 12.5. The predicted molar refractivity (Wildman–Crippen MR) is 104 cm³/mol. The first-order valence-corrected chi connectivity index (χ1v) is 9.83. The van der Waals surface area contributed by atoms with E-state index < -0.39 is 11.4 Å². The van der Waals surface area contributed by atoms with Gasteiger partial charge in [-0.1, -0.05) is 41.9 Å². The van der Waals surface area contributed by atoms with Crippen molar-refractivity contribution in [3.63, 3.8) is 0 Å². The highest BCUT2D eigenvalue weighted by Gasteiger charge is 2.43. The van der Waals surface area contributed by atoms with Crippen molar-refractivity contribution in [3.05, 3.63) is 65.2 Å². The summed E-state index contributed by atoms with van der Waals surface area (Å²) >= 11 is 7.33. The maximum absolute atomic E-state index is 12.5. The van der Waals surface area contributed by atoms with Gasteiger partial charge < -0.3 is 10.0 Å². The van der Waals surface area contributed by atoms with Crippen LogP contribution in [0.5, 0.6) is 0 Å². The summed E-state index contributed by atoms with van der Waals surface area (Å²) in [7, 11) is 0. The molecule has 6 heteroatoms. The number of amides is 1. The summed E-state index contributed by atoms with van der Waals surface area (Å²) in [6, 6.07) is 16.7. The number of rotatable bonds is 5. The minimum Gasteiger partial charge on any atom is -0.481 e. The molecule has 136 valence electrons. The van der Waals surface area contributed by atoms with Gasteiger partial charge in [0.15, 0.2) is 0 Å². The van der Waals surface area contributed by atoms with E-state index in [0.717, 1.165) is 10.5 Å². The van der Waals surface area contributed by atoms with Crippen LogP contribution in [0.4, 0.5) is 0 Å². The van der Waals surface area contributed by atoms with Gasteiger partial charge in [0.05, 0.1) is 11.2 Å². The normalized spacial score (nSPS) is 16.3. The van der Waals surface area contributed by atoms with Crippen molar-refractivity contribution in [1.82, 2.24) is 4.90 Å². The Morgan fingerprint density at radius 2 is 1.65 bits per heavy atom. The molecule has 1 amide bonds. The highest BCUT2D eigenvalue weighted by Crippen LogP contribution is 2.36. The molecule has 0 radical (unpaired) electrons. The number of thioether (sulfide) groups is 1. The molecule has 0 saturated carbocycles. The SMILES string of the molecule is O=C(CSc1ccc(Cl)cc1)N1CCC(C(=O)O)(c2ccccc2)CC1. The van der Waals surface area contributed by atoms with E-state index in [1.54, 1.807) is 17.0 Å². The van der Waals surface area contributed by atoms with Crippen LogP contribution in [0.25, 0.3) is 0 Å². The molecule has 0 aliphatic carbocycles. The van der Waals surface area contributed by atoms with Gasteiger partial charge in [-0.25, -0.2) is 0 Å². The largest absolute Gasteiger partial charge is 0.481 e. The van der Waals surface area contributed by atoms with Crippen molar-refractivity contribution in [3.8, 4) is 0 Å². The molecule has 4 nitrogen and oxygen atoms in total. The smallest absolute Gasteiger partial charge is 0.314 e. The van der Waals surface area contributed by atoms with Gasteiger partial charge >= 0.3 is 5.97 Å². The number of carbonyl (C=O) groups is 2. The number of halogens is 1. The van der Waals surface area contributed by atoms with E-state index in [2.05, 4.69) is 0 Å². The van der Waals surface area contributed by atoms with Gasteiger partial charge in [0, 0.05) is 23.0 Å². The van der Waals surface area contributed by atoms with Crippen LogP contribution in [-0.2, 0) is 15.0 Å². The Morgan fingerprint density at radius 1 is 1.04 bits per heavy atom. The average molecular weight is 390 g/mol. The number of likely N-dealkylation sites (tertiary alicyclic amines) is 1. The standard InChI is InChI=1S/C20H20ClNO3S/c21-16-6-8-17(9-7-16)26-14-18(23)22-12-10-20(11-13-22,19(24)25)15-4-2-1-3-5-15/h1-9H,10-14H2,(H,24,25). The fraction of sp³-hybridized carbons (Fsp3) is 0.300. The molecule has 1 aliphatic rings. The van der Waals surface area contributed by atoms with Crippen LogP contribution >= 0.6 is 23.4 Å². The molecular weight excluding hydrogens is 370 g/mol. The molecule has 1 fully saturated rings. The van der Waals surface area contributed by atoms with E-state index in [1.807, 2.05) is 42.5 Å². The summed E-state index contributed by atoms with van der Waals surface area (Å²) in [4.78, 5) is 27.2. The van der Waals surface area contributed by atoms with E-state index >= 15 is 0 Å². The molecule has 0 unspecified atom stereocenters. The summed E-state index contributed by atoms with van der Waals surface area (Å²) in [6.45, 7) is 0.919. The second-order valence-electron chi connectivity index (χ2n) is 6.38. The van der Waals surface area contributed by atoms with Crippen LogP contribution < -0.4 is 0 Å². The number of benzene rings is 2. The molecule has 3 rings (SSSR count). The summed E-state index contributed by atoms with van der Waals surface area (Å²) in [6.07, 6.45) is 0.868. The molecule has 0 aromatic heterocycles. The number of carboxylic acid groups (broad SMARTS) is 1. The maximum atomic E-state index is 12.5. The molecule has 2 aromatic carbocycles. The lowest BCUT2D eigenvalue weighted by Crippen LogP contribution is -2.49. The van der Waals surface area contributed by atoms with Gasteiger partial charge in [-0.2, -0.15) is 0 Å². The highest BCUT2D eigenvalue weighted by atomic mass is 35.5. The molecule has 1 saturated heterocycles. The number of hydrogen-bond acceptors (Lipinski definition) is 3. The lowest BCUT2D eigenvalue weighted by Gasteiger charge is -2.39. The van der Waals surface area contributed by atoms with E-state index in [0.29, 0.717) is 36.7 Å². The fourth-order valence-corrected chi connectivity index (χ4v) is 4.22. The van der Waals surface area contributed by atoms with Crippen LogP contribution in [0.3, 0.4) is 0 Å². The molecule has 2 aromatic rings. The summed E-state index contributed by atoms with van der Waals surface area (Å²) in [5.41, 5.74) is -0.0865. The minimum absolute atomic E-state index is 0.0389. The van der Waals surface area contributed by atoms with Crippen LogP contribution in [0.2, 0.25) is 5.02 Å². The first-order valence-electron chi connectivity index (χ1n) is 8.46.